The topological polar surface area (TPSA) is 34.1 Å². The lowest BCUT2D eigenvalue weighted by molar-refractivity contribution is 0.601. The van der Waals surface area contributed by atoms with E-state index < -0.39 is 27.5 Å². The first-order valence-corrected chi connectivity index (χ1v) is 17.7. The Balaban J connectivity index is 1.97. The molecular formula is C18H12O2P2S6. The van der Waals surface area contributed by atoms with E-state index in [2.05, 4.69) is 6.07 Å². The molecule has 3 rings (SSSR count). The second-order valence-corrected chi connectivity index (χ2v) is 21.0. The summed E-state index contributed by atoms with van der Waals surface area (Å²) in [6.45, 7) is -3.41. The van der Waals surface area contributed by atoms with Crippen molar-refractivity contribution in [1.82, 2.24) is 0 Å². The van der Waals surface area contributed by atoms with E-state index in [4.69, 9.17) is 44.8 Å². The molecule has 2 atom stereocenters. The van der Waals surface area contributed by atoms with Crippen molar-refractivity contribution in [3.8, 4) is 22.3 Å². The molecule has 142 valence electrons. The van der Waals surface area contributed by atoms with Gasteiger partial charge in [-0.3, -0.25) is 9.13 Å². The fraction of sp³-hybridized carbons (Fsp3) is 0. The highest BCUT2D eigenvalue weighted by atomic mass is 33.2. The van der Waals surface area contributed by atoms with Crippen molar-refractivity contribution < 1.29 is 9.13 Å². The minimum atomic E-state index is -1.70. The van der Waals surface area contributed by atoms with Crippen molar-refractivity contribution in [3.05, 3.63) is 72.8 Å². The van der Waals surface area contributed by atoms with E-state index in [1.807, 2.05) is 66.7 Å². The van der Waals surface area contributed by atoms with Gasteiger partial charge >= 0.3 is 0 Å². The van der Waals surface area contributed by atoms with E-state index in [1.54, 1.807) is 0 Å². The van der Waals surface area contributed by atoms with Crippen LogP contribution in [0.15, 0.2) is 72.8 Å². The van der Waals surface area contributed by atoms with Crippen LogP contribution in [-0.4, -0.2) is 0 Å². The van der Waals surface area contributed by atoms with Crippen LogP contribution in [0.4, 0.5) is 0 Å². The van der Waals surface area contributed by atoms with Gasteiger partial charge in [0.25, 0.3) is 0 Å². The van der Waals surface area contributed by atoms with Gasteiger partial charge in [-0.15, -0.1) is 0 Å². The molecule has 0 saturated carbocycles. The van der Waals surface area contributed by atoms with Crippen LogP contribution in [0, 0.1) is 0 Å². The van der Waals surface area contributed by atoms with Gasteiger partial charge in [0.2, 0.25) is 0 Å². The summed E-state index contributed by atoms with van der Waals surface area (Å²) in [4.78, 5) is 0. The zero-order chi connectivity index (χ0) is 20.3. The molecule has 2 unspecified atom stereocenters. The van der Waals surface area contributed by atoms with Gasteiger partial charge in [0.1, 0.15) is 0 Å². The first-order valence-electron chi connectivity index (χ1n) is 7.81. The summed E-state index contributed by atoms with van der Waals surface area (Å²) in [5.41, 5.74) is 4.12. The predicted molar refractivity (Wildman–Crippen MR) is 136 cm³/mol. The van der Waals surface area contributed by atoms with Gasteiger partial charge in [-0.25, -0.2) is 0 Å². The summed E-state index contributed by atoms with van der Waals surface area (Å²) in [6, 6.07) is 23.1. The quantitative estimate of drug-likeness (QED) is 0.464. The Bertz CT molecular complexity index is 1300. The zero-order valence-corrected chi connectivity index (χ0v) is 20.8. The zero-order valence-electron chi connectivity index (χ0n) is 14.1. The molecule has 10 heteroatoms. The summed E-state index contributed by atoms with van der Waals surface area (Å²) in [6.07, 6.45) is 0. The molecule has 0 aliphatic rings. The molecule has 0 aromatic heterocycles. The number of rotatable bonds is 4. The third kappa shape index (κ3) is 5.21. The Morgan fingerprint density at radius 2 is 0.893 bits per heavy atom. The Morgan fingerprint density at radius 1 is 0.536 bits per heavy atom. The van der Waals surface area contributed by atoms with Gasteiger partial charge in [0, 0.05) is 10.6 Å². The maximum Gasteiger partial charge on any atom is 0.198 e. The van der Waals surface area contributed by atoms with E-state index in [1.165, 1.54) is 0 Å². The molecule has 0 bridgehead atoms. The van der Waals surface area contributed by atoms with Crippen molar-refractivity contribution in [2.45, 2.75) is 0 Å². The van der Waals surface area contributed by atoms with E-state index in [0.29, 0.717) is 10.6 Å². The van der Waals surface area contributed by atoms with Crippen molar-refractivity contribution in [2.24, 2.45) is 0 Å². The van der Waals surface area contributed by atoms with Crippen molar-refractivity contribution in [2.75, 3.05) is 0 Å². The second-order valence-electron chi connectivity index (χ2n) is 5.62. The van der Waals surface area contributed by atoms with E-state index >= 15 is 0 Å². The molecule has 2 nitrogen and oxygen atoms in total. The SMILES string of the molecule is O=P(c1ccc(-c2cccc(-c3ccc(P(=O)=S(=S)=S)cc3)c2)cc1)=S(=S)=S. The average molecular weight is 515 g/mol. The Hall–Kier alpha value is -0.820. The highest BCUT2D eigenvalue weighted by molar-refractivity contribution is 8.57. The number of hydrogen-bond donors (Lipinski definition) is 0. The van der Waals surface area contributed by atoms with Crippen molar-refractivity contribution in [3.63, 3.8) is 0 Å². The molecule has 28 heavy (non-hydrogen) atoms. The standard InChI is InChI=1S/C18H12O2P2S6/c19-21(27(23)24)17-8-4-13(5-9-17)15-2-1-3-16(12-15)14-6-10-18(11-7-14)22(20)28(25)26/h1-12H. The molecule has 3 aromatic carbocycles. The van der Waals surface area contributed by atoms with Gasteiger partial charge in [-0.1, -0.05) is 42.5 Å². The van der Waals surface area contributed by atoms with Crippen LogP contribution in [0.1, 0.15) is 0 Å². The van der Waals surface area contributed by atoms with Crippen molar-refractivity contribution >= 4 is 82.9 Å². The summed E-state index contributed by atoms with van der Waals surface area (Å²) >= 11 is 19.8. The van der Waals surface area contributed by atoms with Crippen LogP contribution in [0.2, 0.25) is 0 Å². The largest absolute Gasteiger partial charge is 0.265 e. The van der Waals surface area contributed by atoms with Crippen LogP contribution < -0.4 is 10.6 Å². The summed E-state index contributed by atoms with van der Waals surface area (Å²) < 4.78 is 24.1. The third-order valence-electron chi connectivity index (χ3n) is 3.96. The third-order valence-corrected chi connectivity index (χ3v) is 13.7. The molecule has 0 aliphatic heterocycles. The lowest BCUT2D eigenvalue weighted by atomic mass is 9.99. The molecule has 0 amide bonds. The van der Waals surface area contributed by atoms with Crippen LogP contribution >= 0.6 is 13.2 Å². The molecule has 0 fully saturated rings. The van der Waals surface area contributed by atoms with Crippen LogP contribution in [0.25, 0.3) is 22.3 Å². The molecular weight excluding hydrogens is 503 g/mol. The fourth-order valence-electron chi connectivity index (χ4n) is 2.60. The molecule has 0 radical (unpaired) electrons. The highest BCUT2D eigenvalue weighted by Gasteiger charge is 2.04. The van der Waals surface area contributed by atoms with Crippen LogP contribution in [0.3, 0.4) is 0 Å². The monoisotopic (exact) mass is 514 g/mol. The summed E-state index contributed by atoms with van der Waals surface area (Å²) in [7, 11) is -1.91. The normalized spacial score (nSPS) is 11.6. The Morgan fingerprint density at radius 3 is 1.21 bits per heavy atom. The number of benzene rings is 3. The Labute approximate surface area is 185 Å². The summed E-state index contributed by atoms with van der Waals surface area (Å²) in [5.74, 6) is 0. The molecule has 0 saturated heterocycles. The van der Waals surface area contributed by atoms with Gasteiger partial charge in [-0.05, 0) is 112 Å². The lowest BCUT2D eigenvalue weighted by Crippen LogP contribution is -1.93. The van der Waals surface area contributed by atoms with E-state index in [9.17, 15) is 9.13 Å². The van der Waals surface area contributed by atoms with E-state index in [-0.39, 0.29) is 0 Å². The van der Waals surface area contributed by atoms with Crippen LogP contribution in [-0.2, 0) is 68.3 Å². The van der Waals surface area contributed by atoms with E-state index in [0.717, 1.165) is 22.3 Å². The first-order chi connectivity index (χ1) is 13.4. The first kappa shape index (κ1) is 21.9. The van der Waals surface area contributed by atoms with Gasteiger partial charge in [-0.2, -0.15) is 0 Å². The average Bonchev–Trinajstić information content (AvgIpc) is 2.73. The maximum atomic E-state index is 12.1. The van der Waals surface area contributed by atoms with Crippen molar-refractivity contribution in [1.29, 1.82) is 0 Å². The molecule has 0 N–H and O–H groups in total. The second kappa shape index (κ2) is 9.79. The van der Waals surface area contributed by atoms with Crippen LogP contribution in [0.5, 0.6) is 0 Å². The molecule has 0 heterocycles. The molecule has 0 aliphatic carbocycles. The maximum absolute atomic E-state index is 12.1. The minimum Gasteiger partial charge on any atom is -0.265 e. The molecule has 0 spiro atoms. The van der Waals surface area contributed by atoms with Gasteiger partial charge in [0.05, 0.1) is 0 Å². The highest BCUT2D eigenvalue weighted by Crippen LogP contribution is 2.26. The number of hydrogen-bond acceptors (Lipinski definition) is 6. The Kier molecular flexibility index (Phi) is 7.65. The summed E-state index contributed by atoms with van der Waals surface area (Å²) in [5, 5.41) is 1.38. The van der Waals surface area contributed by atoms with Gasteiger partial charge < -0.3 is 0 Å². The minimum absolute atomic E-state index is 0.690. The van der Waals surface area contributed by atoms with Gasteiger partial charge in [0.15, 0.2) is 13.2 Å². The molecule has 3 aromatic rings. The fourth-order valence-corrected chi connectivity index (χ4v) is 8.59. The predicted octanol–water partition coefficient (Wildman–Crippen LogP) is 4.84. The smallest absolute Gasteiger partial charge is 0.198 e. The lowest BCUT2D eigenvalue weighted by Gasteiger charge is -2.07.